The summed E-state index contributed by atoms with van der Waals surface area (Å²) in [6, 6.07) is 8.23. The predicted octanol–water partition coefficient (Wildman–Crippen LogP) is 3.94. The summed E-state index contributed by atoms with van der Waals surface area (Å²) in [5.41, 5.74) is 3.46. The number of rotatable bonds is 4. The van der Waals surface area contributed by atoms with Crippen molar-refractivity contribution in [1.82, 2.24) is 10.3 Å². The lowest BCUT2D eigenvalue weighted by atomic mass is 9.99. The molecule has 0 radical (unpaired) electrons. The fourth-order valence-corrected chi connectivity index (χ4v) is 3.33. The fourth-order valence-electron chi connectivity index (χ4n) is 2.67. The van der Waals surface area contributed by atoms with Gasteiger partial charge in [0.2, 0.25) is 0 Å². The van der Waals surface area contributed by atoms with Crippen LogP contribution in [0.15, 0.2) is 34.9 Å². The van der Waals surface area contributed by atoms with Crippen LogP contribution in [0.25, 0.3) is 0 Å². The van der Waals surface area contributed by atoms with Crippen molar-refractivity contribution < 1.29 is 4.74 Å². The number of ether oxygens (including phenoxy) is 1. The molecule has 0 amide bonds. The second-order valence-electron chi connectivity index (χ2n) is 5.10. The van der Waals surface area contributed by atoms with Crippen LogP contribution in [0.4, 0.5) is 0 Å². The van der Waals surface area contributed by atoms with Gasteiger partial charge in [0.25, 0.3) is 0 Å². The second kappa shape index (κ2) is 6.34. The van der Waals surface area contributed by atoms with Crippen molar-refractivity contribution in [2.45, 2.75) is 18.9 Å². The number of hydrogen-bond donors (Lipinski definition) is 1. The maximum atomic E-state index is 5.91. The summed E-state index contributed by atoms with van der Waals surface area (Å²) in [7, 11) is 1.94. The Morgan fingerprint density at radius 2 is 2.29 bits per heavy atom. The van der Waals surface area contributed by atoms with E-state index in [1.165, 1.54) is 11.1 Å². The molecular weight excluding hydrogens is 352 g/mol. The first kappa shape index (κ1) is 14.8. The third-order valence-corrected chi connectivity index (χ3v) is 4.39. The van der Waals surface area contributed by atoms with E-state index in [0.29, 0.717) is 5.02 Å². The monoisotopic (exact) mass is 366 g/mol. The van der Waals surface area contributed by atoms with Gasteiger partial charge in [-0.3, -0.25) is 4.98 Å². The maximum absolute atomic E-state index is 5.91. The van der Waals surface area contributed by atoms with E-state index in [1.54, 1.807) is 6.20 Å². The van der Waals surface area contributed by atoms with Crippen molar-refractivity contribution >= 4 is 27.5 Å². The molecule has 1 atom stereocenters. The van der Waals surface area contributed by atoms with Crippen LogP contribution in [-0.4, -0.2) is 18.6 Å². The van der Waals surface area contributed by atoms with Gasteiger partial charge in [-0.2, -0.15) is 0 Å². The summed E-state index contributed by atoms with van der Waals surface area (Å²) < 4.78 is 6.89. The highest BCUT2D eigenvalue weighted by molar-refractivity contribution is 9.10. The van der Waals surface area contributed by atoms with Crippen molar-refractivity contribution in [3.05, 3.63) is 56.8 Å². The topological polar surface area (TPSA) is 34.1 Å². The van der Waals surface area contributed by atoms with Crippen LogP contribution in [0.2, 0.25) is 5.02 Å². The van der Waals surface area contributed by atoms with Crippen LogP contribution < -0.4 is 10.1 Å². The molecule has 21 heavy (non-hydrogen) atoms. The van der Waals surface area contributed by atoms with E-state index in [-0.39, 0.29) is 6.04 Å². The Kier molecular flexibility index (Phi) is 4.48. The molecule has 0 fully saturated rings. The molecule has 1 aliphatic heterocycles. The Morgan fingerprint density at radius 3 is 3.00 bits per heavy atom. The molecule has 5 heteroatoms. The number of nitrogens with zero attached hydrogens (tertiary/aromatic N) is 1. The molecule has 110 valence electrons. The van der Waals surface area contributed by atoms with Gasteiger partial charge in [-0.15, -0.1) is 0 Å². The lowest BCUT2D eigenvalue weighted by Gasteiger charge is -2.18. The van der Waals surface area contributed by atoms with Gasteiger partial charge in [0.15, 0.2) is 0 Å². The smallest absolute Gasteiger partial charge is 0.125 e. The second-order valence-corrected chi connectivity index (χ2v) is 6.45. The summed E-state index contributed by atoms with van der Waals surface area (Å²) in [6.07, 6.45) is 3.49. The van der Waals surface area contributed by atoms with Crippen LogP contribution in [0.1, 0.15) is 22.9 Å². The largest absolute Gasteiger partial charge is 0.493 e. The summed E-state index contributed by atoms with van der Waals surface area (Å²) in [4.78, 5) is 4.41. The maximum Gasteiger partial charge on any atom is 0.125 e. The molecule has 0 saturated carbocycles. The molecule has 1 aromatic heterocycles. The average Bonchev–Trinajstić information content (AvgIpc) is 2.94. The fraction of sp³-hybridized carbons (Fsp3) is 0.312. The molecule has 1 aromatic carbocycles. The highest BCUT2D eigenvalue weighted by atomic mass is 79.9. The summed E-state index contributed by atoms with van der Waals surface area (Å²) in [5.74, 6) is 1.03. The first-order valence-corrected chi connectivity index (χ1v) is 8.07. The average molecular weight is 368 g/mol. The SMILES string of the molecule is CNC(Cc1cc(Br)cc2c1OCC2)c1ccc(Cl)cn1. The zero-order valence-electron chi connectivity index (χ0n) is 11.7. The van der Waals surface area contributed by atoms with Gasteiger partial charge in [-0.05, 0) is 48.9 Å². The summed E-state index contributed by atoms with van der Waals surface area (Å²) >= 11 is 9.49. The molecule has 0 spiro atoms. The minimum atomic E-state index is 0.130. The summed E-state index contributed by atoms with van der Waals surface area (Å²) in [5, 5.41) is 3.97. The number of halogens is 2. The van der Waals surface area contributed by atoms with Crippen molar-refractivity contribution in [3.8, 4) is 5.75 Å². The number of hydrogen-bond acceptors (Lipinski definition) is 3. The number of aromatic nitrogens is 1. The Labute approximate surface area is 137 Å². The van der Waals surface area contributed by atoms with Gasteiger partial charge in [-0.25, -0.2) is 0 Å². The van der Waals surface area contributed by atoms with Gasteiger partial charge in [0, 0.05) is 17.1 Å². The number of benzene rings is 1. The predicted molar refractivity (Wildman–Crippen MR) is 88.1 cm³/mol. The number of fused-ring (bicyclic) bond motifs is 1. The van der Waals surface area contributed by atoms with Crippen LogP contribution in [-0.2, 0) is 12.8 Å². The van der Waals surface area contributed by atoms with Crippen LogP contribution in [0, 0.1) is 0 Å². The van der Waals surface area contributed by atoms with Gasteiger partial charge >= 0.3 is 0 Å². The quantitative estimate of drug-likeness (QED) is 0.889. The van der Waals surface area contributed by atoms with E-state index in [2.05, 4.69) is 38.4 Å². The van der Waals surface area contributed by atoms with Crippen LogP contribution >= 0.6 is 27.5 Å². The van der Waals surface area contributed by atoms with Gasteiger partial charge in [0.05, 0.1) is 23.4 Å². The summed E-state index contributed by atoms with van der Waals surface area (Å²) in [6.45, 7) is 0.766. The number of pyridine rings is 1. The zero-order chi connectivity index (χ0) is 14.8. The molecule has 3 rings (SSSR count). The van der Waals surface area contributed by atoms with E-state index in [0.717, 1.165) is 35.4 Å². The van der Waals surface area contributed by atoms with Gasteiger partial charge < -0.3 is 10.1 Å². The van der Waals surface area contributed by atoms with E-state index < -0.39 is 0 Å². The van der Waals surface area contributed by atoms with Gasteiger partial charge in [0.1, 0.15) is 5.75 Å². The van der Waals surface area contributed by atoms with Crippen molar-refractivity contribution in [1.29, 1.82) is 0 Å². The van der Waals surface area contributed by atoms with Crippen molar-refractivity contribution in [2.24, 2.45) is 0 Å². The number of likely N-dealkylation sites (N-methyl/N-ethyl adjacent to an activating group) is 1. The van der Waals surface area contributed by atoms with Crippen molar-refractivity contribution in [3.63, 3.8) is 0 Å². The molecule has 0 saturated heterocycles. The van der Waals surface area contributed by atoms with Crippen LogP contribution in [0.5, 0.6) is 5.75 Å². The first-order valence-electron chi connectivity index (χ1n) is 6.90. The molecule has 1 unspecified atom stereocenters. The molecule has 3 nitrogen and oxygen atoms in total. The Morgan fingerprint density at radius 1 is 1.43 bits per heavy atom. The van der Waals surface area contributed by atoms with Crippen molar-refractivity contribution in [2.75, 3.05) is 13.7 Å². The van der Waals surface area contributed by atoms with E-state index in [9.17, 15) is 0 Å². The molecule has 1 N–H and O–H groups in total. The molecular formula is C16H16BrClN2O. The lowest BCUT2D eigenvalue weighted by Crippen LogP contribution is -2.20. The highest BCUT2D eigenvalue weighted by Gasteiger charge is 2.21. The minimum Gasteiger partial charge on any atom is -0.493 e. The normalized spacial score (nSPS) is 14.6. The minimum absolute atomic E-state index is 0.130. The van der Waals surface area contributed by atoms with E-state index in [1.807, 2.05) is 19.2 Å². The Bertz CT molecular complexity index is 645. The van der Waals surface area contributed by atoms with Gasteiger partial charge in [-0.1, -0.05) is 27.5 Å². The molecule has 2 aromatic rings. The Hall–Kier alpha value is -1.10. The standard InChI is InChI=1S/C16H16BrClN2O/c1-19-15(14-3-2-13(18)9-20-14)8-11-7-12(17)6-10-4-5-21-16(10)11/h2-3,6-7,9,15,19H,4-5,8H2,1H3. The lowest BCUT2D eigenvalue weighted by molar-refractivity contribution is 0.352. The van der Waals surface area contributed by atoms with E-state index >= 15 is 0 Å². The highest BCUT2D eigenvalue weighted by Crippen LogP contribution is 2.35. The first-order chi connectivity index (χ1) is 10.2. The third kappa shape index (κ3) is 3.23. The van der Waals surface area contributed by atoms with Crippen LogP contribution in [0.3, 0.4) is 0 Å². The number of nitrogens with one attached hydrogen (secondary N) is 1. The molecule has 0 bridgehead atoms. The van der Waals surface area contributed by atoms with E-state index in [4.69, 9.17) is 16.3 Å². The molecule has 1 aliphatic rings. The Balaban J connectivity index is 1.89. The third-order valence-electron chi connectivity index (χ3n) is 3.71. The molecule has 0 aliphatic carbocycles. The molecule has 2 heterocycles. The zero-order valence-corrected chi connectivity index (χ0v) is 14.0.